The summed E-state index contributed by atoms with van der Waals surface area (Å²) < 4.78 is 12.3. The first-order valence-electron chi connectivity index (χ1n) is 9.28. The summed E-state index contributed by atoms with van der Waals surface area (Å²) in [5.74, 6) is -0.0489. The van der Waals surface area contributed by atoms with E-state index >= 15 is 0 Å². The molecule has 146 valence electrons. The van der Waals surface area contributed by atoms with Crippen molar-refractivity contribution in [1.29, 1.82) is 0 Å². The molecule has 3 aromatic rings. The van der Waals surface area contributed by atoms with Crippen molar-refractivity contribution < 1.29 is 13.9 Å². The molecule has 1 fully saturated rings. The standard InChI is InChI=1S/C21H21BrN2O3S/c1-13-4-5-15(17(22)9-13)11-24(12-16-3-2-8-26-16)20(25)14-6-7-18-19(10-14)27-21(28)23-18/h4-7,9-10,16H,2-3,8,11-12H2,1H3,(H,23,28). The van der Waals surface area contributed by atoms with Crippen molar-refractivity contribution >= 4 is 45.2 Å². The summed E-state index contributed by atoms with van der Waals surface area (Å²) in [6.45, 7) is 3.88. The zero-order valence-electron chi connectivity index (χ0n) is 15.5. The molecular weight excluding hydrogens is 440 g/mol. The molecule has 1 saturated heterocycles. The van der Waals surface area contributed by atoms with E-state index in [-0.39, 0.29) is 12.0 Å². The quantitative estimate of drug-likeness (QED) is 0.519. The van der Waals surface area contributed by atoms with Crippen LogP contribution in [-0.2, 0) is 11.3 Å². The van der Waals surface area contributed by atoms with E-state index in [1.165, 1.54) is 5.56 Å². The minimum atomic E-state index is -0.0489. The number of rotatable bonds is 5. The first kappa shape index (κ1) is 19.4. The molecule has 28 heavy (non-hydrogen) atoms. The van der Waals surface area contributed by atoms with Gasteiger partial charge in [-0.15, -0.1) is 0 Å². The van der Waals surface area contributed by atoms with E-state index < -0.39 is 0 Å². The Bertz CT molecular complexity index is 1070. The number of hydrogen-bond acceptors (Lipinski definition) is 4. The van der Waals surface area contributed by atoms with E-state index in [1.54, 1.807) is 12.1 Å². The highest BCUT2D eigenvalue weighted by Gasteiger charge is 2.24. The summed E-state index contributed by atoms with van der Waals surface area (Å²) in [5, 5.41) is 0. The van der Waals surface area contributed by atoms with Gasteiger partial charge >= 0.3 is 0 Å². The van der Waals surface area contributed by atoms with Crippen molar-refractivity contribution in [3.63, 3.8) is 0 Å². The van der Waals surface area contributed by atoms with Crippen LogP contribution in [0, 0.1) is 11.8 Å². The average Bonchev–Trinajstić information content (AvgIpc) is 3.30. The minimum absolute atomic E-state index is 0.0489. The summed E-state index contributed by atoms with van der Waals surface area (Å²) in [6.07, 6.45) is 2.09. The number of ether oxygens (including phenoxy) is 1. The first-order valence-corrected chi connectivity index (χ1v) is 10.5. The summed E-state index contributed by atoms with van der Waals surface area (Å²) in [6, 6.07) is 11.6. The van der Waals surface area contributed by atoms with Crippen LogP contribution in [0.1, 0.15) is 34.3 Å². The van der Waals surface area contributed by atoms with Gasteiger partial charge in [-0.25, -0.2) is 0 Å². The number of halogens is 1. The number of aryl methyl sites for hydroxylation is 1. The van der Waals surface area contributed by atoms with Gasteiger partial charge in [0.05, 0.1) is 11.6 Å². The normalized spacial score (nSPS) is 16.6. The number of oxazole rings is 1. The lowest BCUT2D eigenvalue weighted by Crippen LogP contribution is -2.37. The van der Waals surface area contributed by atoms with E-state index in [0.29, 0.717) is 29.1 Å². The zero-order valence-corrected chi connectivity index (χ0v) is 17.9. The molecule has 1 aliphatic rings. The third-order valence-electron chi connectivity index (χ3n) is 4.97. The summed E-state index contributed by atoms with van der Waals surface area (Å²) in [5.41, 5.74) is 4.19. The molecule has 0 aliphatic carbocycles. The Morgan fingerprint density at radius 3 is 2.93 bits per heavy atom. The van der Waals surface area contributed by atoms with E-state index in [1.807, 2.05) is 17.9 Å². The van der Waals surface area contributed by atoms with E-state index in [4.69, 9.17) is 21.4 Å². The predicted molar refractivity (Wildman–Crippen MR) is 114 cm³/mol. The first-order chi connectivity index (χ1) is 13.5. The summed E-state index contributed by atoms with van der Waals surface area (Å²) >= 11 is 8.67. The second kappa shape index (κ2) is 8.19. The van der Waals surface area contributed by atoms with Crippen molar-refractivity contribution in [3.8, 4) is 0 Å². The number of H-pyrrole nitrogens is 1. The van der Waals surface area contributed by atoms with Gasteiger partial charge in [0, 0.05) is 29.7 Å². The monoisotopic (exact) mass is 460 g/mol. The fourth-order valence-corrected chi connectivity index (χ4v) is 4.32. The Balaban J connectivity index is 1.63. The largest absolute Gasteiger partial charge is 0.429 e. The highest BCUT2D eigenvalue weighted by Crippen LogP contribution is 2.24. The second-order valence-corrected chi connectivity index (χ2v) is 8.37. The van der Waals surface area contributed by atoms with E-state index in [0.717, 1.165) is 35.0 Å². The number of carbonyl (C=O) groups is 1. The molecule has 1 amide bonds. The van der Waals surface area contributed by atoms with Crippen molar-refractivity contribution in [2.45, 2.75) is 32.4 Å². The molecule has 1 N–H and O–H groups in total. The van der Waals surface area contributed by atoms with Gasteiger partial charge in [0.2, 0.25) is 0 Å². The number of aromatic amines is 1. The van der Waals surface area contributed by atoms with Gasteiger partial charge in [-0.2, -0.15) is 0 Å². The Morgan fingerprint density at radius 2 is 2.18 bits per heavy atom. The number of fused-ring (bicyclic) bond motifs is 1. The Labute approximate surface area is 176 Å². The number of nitrogens with one attached hydrogen (secondary N) is 1. The maximum Gasteiger partial charge on any atom is 0.266 e. The van der Waals surface area contributed by atoms with Crippen LogP contribution in [0.4, 0.5) is 0 Å². The molecule has 5 nitrogen and oxygen atoms in total. The lowest BCUT2D eigenvalue weighted by atomic mass is 10.1. The molecule has 2 heterocycles. The lowest BCUT2D eigenvalue weighted by molar-refractivity contribution is 0.0507. The van der Waals surface area contributed by atoms with Crippen LogP contribution in [0.5, 0.6) is 0 Å². The van der Waals surface area contributed by atoms with Gasteiger partial charge in [-0.3, -0.25) is 4.79 Å². The molecule has 0 radical (unpaired) electrons. The van der Waals surface area contributed by atoms with Gasteiger partial charge in [0.25, 0.3) is 10.7 Å². The SMILES string of the molecule is Cc1ccc(CN(CC2CCCO2)C(=O)c2ccc3[nH]c(=S)oc3c2)c(Br)c1. The average molecular weight is 461 g/mol. The number of aromatic nitrogens is 1. The molecule has 0 bridgehead atoms. The molecule has 1 aromatic heterocycles. The Kier molecular flexibility index (Phi) is 5.66. The maximum absolute atomic E-state index is 13.3. The van der Waals surface area contributed by atoms with Crippen LogP contribution < -0.4 is 0 Å². The number of hydrogen-bond donors (Lipinski definition) is 1. The number of nitrogens with zero attached hydrogens (tertiary/aromatic N) is 1. The van der Waals surface area contributed by atoms with Gasteiger partial charge in [0.1, 0.15) is 0 Å². The van der Waals surface area contributed by atoms with E-state index in [9.17, 15) is 4.79 Å². The molecule has 4 rings (SSSR count). The summed E-state index contributed by atoms with van der Waals surface area (Å²) in [7, 11) is 0. The molecule has 7 heteroatoms. The topological polar surface area (TPSA) is 58.5 Å². The smallest absolute Gasteiger partial charge is 0.266 e. The van der Waals surface area contributed by atoms with Crippen LogP contribution in [0.25, 0.3) is 11.1 Å². The van der Waals surface area contributed by atoms with Crippen molar-refractivity contribution in [3.05, 3.63) is 62.4 Å². The Morgan fingerprint density at radius 1 is 1.32 bits per heavy atom. The van der Waals surface area contributed by atoms with E-state index in [2.05, 4.69) is 39.1 Å². The van der Waals surface area contributed by atoms with Crippen LogP contribution in [0.2, 0.25) is 0 Å². The number of benzene rings is 2. The number of amides is 1. The van der Waals surface area contributed by atoms with Gasteiger partial charge in [-0.1, -0.05) is 28.1 Å². The van der Waals surface area contributed by atoms with Crippen molar-refractivity contribution in [2.75, 3.05) is 13.2 Å². The molecule has 0 spiro atoms. The van der Waals surface area contributed by atoms with Crippen molar-refractivity contribution in [2.24, 2.45) is 0 Å². The van der Waals surface area contributed by atoms with Gasteiger partial charge in [-0.05, 0) is 67.4 Å². The summed E-state index contributed by atoms with van der Waals surface area (Å²) in [4.78, 5) is 18.5. The predicted octanol–water partition coefficient (Wildman–Crippen LogP) is 5.38. The van der Waals surface area contributed by atoms with Crippen LogP contribution in [0.3, 0.4) is 0 Å². The van der Waals surface area contributed by atoms with Gasteiger partial charge < -0.3 is 19.0 Å². The maximum atomic E-state index is 13.3. The van der Waals surface area contributed by atoms with Crippen LogP contribution >= 0.6 is 28.1 Å². The van der Waals surface area contributed by atoms with Crippen LogP contribution in [0.15, 0.2) is 45.3 Å². The molecule has 1 unspecified atom stereocenters. The lowest BCUT2D eigenvalue weighted by Gasteiger charge is -2.26. The fourth-order valence-electron chi connectivity index (χ4n) is 3.50. The highest BCUT2D eigenvalue weighted by molar-refractivity contribution is 9.10. The molecule has 2 aromatic carbocycles. The van der Waals surface area contributed by atoms with Crippen molar-refractivity contribution in [1.82, 2.24) is 9.88 Å². The second-order valence-electron chi connectivity index (χ2n) is 7.14. The number of carbonyl (C=O) groups excluding carboxylic acids is 1. The Hall–Kier alpha value is -1.96. The zero-order chi connectivity index (χ0) is 19.7. The highest BCUT2D eigenvalue weighted by atomic mass is 79.9. The van der Waals surface area contributed by atoms with Gasteiger partial charge in [0.15, 0.2) is 5.58 Å². The minimum Gasteiger partial charge on any atom is -0.429 e. The fraction of sp³-hybridized carbons (Fsp3) is 0.333. The third-order valence-corrected chi connectivity index (χ3v) is 5.90. The molecule has 0 saturated carbocycles. The van der Waals surface area contributed by atoms with Crippen LogP contribution in [-0.4, -0.2) is 35.0 Å². The molecule has 1 atom stereocenters. The molecule has 1 aliphatic heterocycles. The third kappa shape index (κ3) is 4.21. The molecular formula is C21H21BrN2O3S.